The highest BCUT2D eigenvalue weighted by Gasteiger charge is 2.23. The van der Waals surface area contributed by atoms with E-state index in [1.54, 1.807) is 6.20 Å². The molecule has 0 saturated carbocycles. The summed E-state index contributed by atoms with van der Waals surface area (Å²) in [6.45, 7) is 6.61. The second kappa shape index (κ2) is 8.84. The number of aromatic nitrogens is 1. The third-order valence-corrected chi connectivity index (χ3v) is 5.27. The molecule has 0 N–H and O–H groups in total. The summed E-state index contributed by atoms with van der Waals surface area (Å²) < 4.78 is 0. The van der Waals surface area contributed by atoms with Crippen molar-refractivity contribution in [3.05, 3.63) is 59.8 Å². The number of carbonyl (C=O) groups is 1. The molecule has 0 bridgehead atoms. The summed E-state index contributed by atoms with van der Waals surface area (Å²) in [5.74, 6) is 1.02. The van der Waals surface area contributed by atoms with E-state index in [2.05, 4.69) is 28.9 Å². The Labute approximate surface area is 156 Å². The van der Waals surface area contributed by atoms with Crippen molar-refractivity contribution in [3.63, 3.8) is 0 Å². The summed E-state index contributed by atoms with van der Waals surface area (Å²) in [7, 11) is 0. The standard InChI is InChI=1S/C22H29N3O/c1-3-20-12-8-9-15-25(20)21-16-19(13-14-23-21)22(26)24(4-2)17-18-10-6-5-7-11-18/h5-7,10-11,13-14,16,20H,3-4,8-9,12,15,17H2,1-2H3. The van der Waals surface area contributed by atoms with E-state index in [0.29, 0.717) is 19.1 Å². The molecule has 1 aromatic carbocycles. The number of rotatable bonds is 6. The van der Waals surface area contributed by atoms with Crippen molar-refractivity contribution in [1.29, 1.82) is 0 Å². The topological polar surface area (TPSA) is 36.4 Å². The summed E-state index contributed by atoms with van der Waals surface area (Å²) in [4.78, 5) is 21.9. The molecule has 138 valence electrons. The minimum absolute atomic E-state index is 0.0741. The average molecular weight is 351 g/mol. The number of nitrogens with zero attached hydrogens (tertiary/aromatic N) is 3. The van der Waals surface area contributed by atoms with Crippen LogP contribution >= 0.6 is 0 Å². The number of piperidine rings is 1. The molecule has 0 aliphatic carbocycles. The van der Waals surface area contributed by atoms with Crippen LogP contribution in [-0.2, 0) is 6.54 Å². The number of anilines is 1. The third kappa shape index (κ3) is 4.24. The maximum atomic E-state index is 13.0. The first kappa shape index (κ1) is 18.4. The second-order valence-corrected chi connectivity index (χ2v) is 6.96. The number of hydrogen-bond acceptors (Lipinski definition) is 3. The molecule has 26 heavy (non-hydrogen) atoms. The van der Waals surface area contributed by atoms with Crippen LogP contribution in [0.4, 0.5) is 5.82 Å². The van der Waals surface area contributed by atoms with Gasteiger partial charge in [-0.2, -0.15) is 0 Å². The van der Waals surface area contributed by atoms with E-state index in [1.165, 1.54) is 19.3 Å². The quantitative estimate of drug-likeness (QED) is 0.768. The summed E-state index contributed by atoms with van der Waals surface area (Å²) in [6, 6.07) is 14.5. The lowest BCUT2D eigenvalue weighted by atomic mass is 10.00. The van der Waals surface area contributed by atoms with E-state index in [0.717, 1.165) is 29.9 Å². The lowest BCUT2D eigenvalue weighted by Gasteiger charge is -2.36. The Bertz CT molecular complexity index is 716. The van der Waals surface area contributed by atoms with Gasteiger partial charge in [0.1, 0.15) is 5.82 Å². The Hall–Kier alpha value is -2.36. The Morgan fingerprint density at radius 2 is 2.00 bits per heavy atom. The summed E-state index contributed by atoms with van der Waals surface area (Å²) >= 11 is 0. The average Bonchev–Trinajstić information content (AvgIpc) is 2.72. The van der Waals surface area contributed by atoms with Crippen LogP contribution in [0.2, 0.25) is 0 Å². The maximum Gasteiger partial charge on any atom is 0.254 e. The van der Waals surface area contributed by atoms with E-state index < -0.39 is 0 Å². The van der Waals surface area contributed by atoms with Crippen molar-refractivity contribution < 1.29 is 4.79 Å². The van der Waals surface area contributed by atoms with Crippen LogP contribution in [0.15, 0.2) is 48.7 Å². The molecule has 1 saturated heterocycles. The van der Waals surface area contributed by atoms with Gasteiger partial charge in [0, 0.05) is 37.4 Å². The predicted octanol–water partition coefficient (Wildman–Crippen LogP) is 4.51. The fourth-order valence-corrected chi connectivity index (χ4v) is 3.75. The lowest BCUT2D eigenvalue weighted by molar-refractivity contribution is 0.0752. The Morgan fingerprint density at radius 3 is 2.73 bits per heavy atom. The summed E-state index contributed by atoms with van der Waals surface area (Å²) in [5, 5.41) is 0. The van der Waals surface area contributed by atoms with Gasteiger partial charge in [-0.25, -0.2) is 4.98 Å². The molecular weight excluding hydrogens is 322 g/mol. The summed E-state index contributed by atoms with van der Waals surface area (Å²) in [5.41, 5.74) is 1.88. The van der Waals surface area contributed by atoms with Gasteiger partial charge >= 0.3 is 0 Å². The molecule has 3 rings (SSSR count). The monoisotopic (exact) mass is 351 g/mol. The molecule has 1 aliphatic heterocycles. The van der Waals surface area contributed by atoms with Crippen LogP contribution in [0, 0.1) is 0 Å². The largest absolute Gasteiger partial charge is 0.354 e. The molecular formula is C22H29N3O. The van der Waals surface area contributed by atoms with E-state index in [9.17, 15) is 4.79 Å². The van der Waals surface area contributed by atoms with Gasteiger partial charge in [-0.1, -0.05) is 37.3 Å². The Balaban J connectivity index is 1.78. The first-order chi connectivity index (χ1) is 12.7. The molecule has 1 aromatic heterocycles. The van der Waals surface area contributed by atoms with Crippen molar-refractivity contribution in [3.8, 4) is 0 Å². The zero-order valence-electron chi connectivity index (χ0n) is 15.9. The van der Waals surface area contributed by atoms with Gasteiger partial charge < -0.3 is 9.80 Å². The zero-order chi connectivity index (χ0) is 18.4. The fourth-order valence-electron chi connectivity index (χ4n) is 3.75. The first-order valence-corrected chi connectivity index (χ1v) is 9.78. The first-order valence-electron chi connectivity index (χ1n) is 9.78. The maximum absolute atomic E-state index is 13.0. The summed E-state index contributed by atoms with van der Waals surface area (Å²) in [6.07, 6.45) is 6.60. The molecule has 1 fully saturated rings. The number of pyridine rings is 1. The molecule has 1 amide bonds. The van der Waals surface area contributed by atoms with Gasteiger partial charge in [-0.3, -0.25) is 4.79 Å². The zero-order valence-corrected chi connectivity index (χ0v) is 15.9. The molecule has 1 aliphatic rings. The van der Waals surface area contributed by atoms with E-state index in [-0.39, 0.29) is 5.91 Å². The SMILES string of the molecule is CCC1CCCCN1c1cc(C(=O)N(CC)Cc2ccccc2)ccn1. The minimum Gasteiger partial charge on any atom is -0.354 e. The minimum atomic E-state index is 0.0741. The molecule has 2 heterocycles. The predicted molar refractivity (Wildman–Crippen MR) is 106 cm³/mol. The molecule has 1 atom stereocenters. The van der Waals surface area contributed by atoms with Crippen LogP contribution in [0.1, 0.15) is 55.5 Å². The van der Waals surface area contributed by atoms with Crippen LogP contribution < -0.4 is 4.90 Å². The molecule has 4 heteroatoms. The van der Waals surface area contributed by atoms with Crippen molar-refractivity contribution in [1.82, 2.24) is 9.88 Å². The van der Waals surface area contributed by atoms with Crippen LogP contribution in [0.3, 0.4) is 0 Å². The normalized spacial score (nSPS) is 17.2. The molecule has 0 radical (unpaired) electrons. The van der Waals surface area contributed by atoms with Crippen LogP contribution in [0.5, 0.6) is 0 Å². The van der Waals surface area contributed by atoms with E-state index in [1.807, 2.05) is 42.2 Å². The second-order valence-electron chi connectivity index (χ2n) is 6.96. The van der Waals surface area contributed by atoms with Crippen LogP contribution in [-0.4, -0.2) is 34.9 Å². The highest BCUT2D eigenvalue weighted by atomic mass is 16.2. The van der Waals surface area contributed by atoms with Crippen molar-refractivity contribution >= 4 is 11.7 Å². The van der Waals surface area contributed by atoms with Gasteiger partial charge in [0.2, 0.25) is 0 Å². The molecule has 2 aromatic rings. The van der Waals surface area contributed by atoms with Gasteiger partial charge in [-0.15, -0.1) is 0 Å². The number of carbonyl (C=O) groups excluding carboxylic acids is 1. The molecule has 0 spiro atoms. The highest BCUT2D eigenvalue weighted by Crippen LogP contribution is 2.25. The number of hydrogen-bond donors (Lipinski definition) is 0. The molecule has 1 unspecified atom stereocenters. The van der Waals surface area contributed by atoms with Crippen molar-refractivity contribution in [2.75, 3.05) is 18.0 Å². The smallest absolute Gasteiger partial charge is 0.254 e. The number of amides is 1. The lowest BCUT2D eigenvalue weighted by Crippen LogP contribution is -2.39. The van der Waals surface area contributed by atoms with E-state index >= 15 is 0 Å². The van der Waals surface area contributed by atoms with Crippen LogP contribution in [0.25, 0.3) is 0 Å². The van der Waals surface area contributed by atoms with Gasteiger partial charge in [-0.05, 0) is 50.3 Å². The van der Waals surface area contributed by atoms with Crippen molar-refractivity contribution in [2.24, 2.45) is 0 Å². The highest BCUT2D eigenvalue weighted by molar-refractivity contribution is 5.94. The van der Waals surface area contributed by atoms with Crippen molar-refractivity contribution in [2.45, 2.75) is 52.1 Å². The van der Waals surface area contributed by atoms with Gasteiger partial charge in [0.05, 0.1) is 0 Å². The Morgan fingerprint density at radius 1 is 1.19 bits per heavy atom. The number of benzene rings is 1. The van der Waals surface area contributed by atoms with Gasteiger partial charge in [0.15, 0.2) is 0 Å². The third-order valence-electron chi connectivity index (χ3n) is 5.27. The Kier molecular flexibility index (Phi) is 6.26. The fraction of sp³-hybridized carbons (Fsp3) is 0.455. The van der Waals surface area contributed by atoms with E-state index in [4.69, 9.17) is 0 Å². The molecule has 4 nitrogen and oxygen atoms in total. The van der Waals surface area contributed by atoms with Gasteiger partial charge in [0.25, 0.3) is 5.91 Å².